The topological polar surface area (TPSA) is 58.1 Å². The lowest BCUT2D eigenvalue weighted by Gasteiger charge is -2.39. The third-order valence-electron chi connectivity index (χ3n) is 5.89. The average molecular weight is 383 g/mol. The summed E-state index contributed by atoms with van der Waals surface area (Å²) in [5.41, 5.74) is 0. The highest BCUT2D eigenvalue weighted by Gasteiger charge is 2.25. The highest BCUT2D eigenvalue weighted by molar-refractivity contribution is 5.79. The molecule has 0 aromatic heterocycles. The second-order valence-corrected chi connectivity index (χ2v) is 8.57. The molecule has 2 saturated heterocycles. The molecule has 0 aliphatic carbocycles. The van der Waals surface area contributed by atoms with Crippen LogP contribution in [0.15, 0.2) is 4.99 Å². The van der Waals surface area contributed by atoms with Gasteiger partial charge in [-0.15, -0.1) is 0 Å². The quantitative estimate of drug-likeness (QED) is 0.345. The van der Waals surface area contributed by atoms with Crippen molar-refractivity contribution in [1.29, 1.82) is 0 Å². The molecule has 2 N–H and O–H groups in total. The molecule has 2 atom stereocenters. The van der Waals surface area contributed by atoms with E-state index in [1.165, 1.54) is 25.9 Å². The maximum atomic E-state index is 5.76. The molecule has 2 aliphatic rings. The van der Waals surface area contributed by atoms with Gasteiger partial charge in [0.1, 0.15) is 0 Å². The largest absolute Gasteiger partial charge is 0.381 e. The molecule has 0 saturated carbocycles. The lowest BCUT2D eigenvalue weighted by molar-refractivity contribution is 0.0887. The number of guanidine groups is 1. The smallest absolute Gasteiger partial charge is 0.191 e. The lowest BCUT2D eigenvalue weighted by atomic mass is 9.94. The summed E-state index contributed by atoms with van der Waals surface area (Å²) in [6.45, 7) is 14.7. The number of nitrogens with one attached hydrogen (secondary N) is 2. The Morgan fingerprint density at radius 2 is 2.00 bits per heavy atom. The van der Waals surface area contributed by atoms with Crippen molar-refractivity contribution in [3.05, 3.63) is 0 Å². The van der Waals surface area contributed by atoms with Crippen LogP contribution >= 0.6 is 0 Å². The first-order chi connectivity index (χ1) is 13.1. The molecule has 0 amide bonds. The van der Waals surface area contributed by atoms with Gasteiger partial charge in [0.2, 0.25) is 0 Å². The fraction of sp³-hybridized carbons (Fsp3) is 0.952. The van der Waals surface area contributed by atoms with E-state index < -0.39 is 0 Å². The van der Waals surface area contributed by atoms with E-state index >= 15 is 0 Å². The van der Waals surface area contributed by atoms with Gasteiger partial charge in [-0.25, -0.2) is 0 Å². The van der Waals surface area contributed by atoms with E-state index in [1.54, 1.807) is 0 Å². The number of piperidine rings is 1. The molecule has 2 fully saturated rings. The van der Waals surface area contributed by atoms with Crippen molar-refractivity contribution in [3.63, 3.8) is 0 Å². The van der Waals surface area contributed by atoms with Crippen LogP contribution < -0.4 is 10.6 Å². The van der Waals surface area contributed by atoms with Gasteiger partial charge in [-0.05, 0) is 50.6 Å². The normalized spacial score (nSPS) is 23.7. The Balaban J connectivity index is 1.60. The Labute approximate surface area is 166 Å². The molecule has 6 heteroatoms. The van der Waals surface area contributed by atoms with Gasteiger partial charge in [-0.1, -0.05) is 20.8 Å². The molecule has 0 spiro atoms. The fourth-order valence-electron chi connectivity index (χ4n) is 3.91. The molecule has 0 radical (unpaired) electrons. The molecule has 2 aliphatic heterocycles. The molecule has 6 nitrogen and oxygen atoms in total. The van der Waals surface area contributed by atoms with Gasteiger partial charge in [0, 0.05) is 45.3 Å². The SMILES string of the molecule is CN=C(NCCCOCC1CCOC1)NCC(C(C)C)N1CCC(C)CC1. The Kier molecular flexibility index (Phi) is 10.5. The molecule has 0 aromatic rings. The predicted octanol–water partition coefficient (Wildman–Crippen LogP) is 2.35. The van der Waals surface area contributed by atoms with Crippen molar-refractivity contribution in [1.82, 2.24) is 15.5 Å². The third kappa shape index (κ3) is 8.36. The number of nitrogens with zero attached hydrogens (tertiary/aromatic N) is 2. The van der Waals surface area contributed by atoms with Crippen LogP contribution in [0.1, 0.15) is 46.5 Å². The summed E-state index contributed by atoms with van der Waals surface area (Å²) in [7, 11) is 1.85. The van der Waals surface area contributed by atoms with E-state index in [1.807, 2.05) is 7.05 Å². The van der Waals surface area contributed by atoms with Gasteiger partial charge < -0.3 is 20.1 Å². The summed E-state index contributed by atoms with van der Waals surface area (Å²) in [6.07, 6.45) is 4.78. The highest BCUT2D eigenvalue weighted by atomic mass is 16.5. The minimum Gasteiger partial charge on any atom is -0.381 e. The zero-order chi connectivity index (χ0) is 19.5. The van der Waals surface area contributed by atoms with Crippen LogP contribution in [-0.4, -0.2) is 76.6 Å². The fourth-order valence-corrected chi connectivity index (χ4v) is 3.91. The molecule has 2 unspecified atom stereocenters. The molecular weight excluding hydrogens is 340 g/mol. The van der Waals surface area contributed by atoms with Crippen LogP contribution in [-0.2, 0) is 9.47 Å². The maximum Gasteiger partial charge on any atom is 0.191 e. The van der Waals surface area contributed by atoms with E-state index in [0.717, 1.165) is 64.2 Å². The van der Waals surface area contributed by atoms with Crippen molar-refractivity contribution in [2.75, 3.05) is 59.7 Å². The van der Waals surface area contributed by atoms with E-state index in [9.17, 15) is 0 Å². The van der Waals surface area contributed by atoms with Gasteiger partial charge in [0.25, 0.3) is 0 Å². The Morgan fingerprint density at radius 3 is 2.63 bits per heavy atom. The Hall–Kier alpha value is -0.850. The minimum absolute atomic E-state index is 0.563. The standard InChI is InChI=1S/C21H42N4O2/c1-17(2)20(25-10-6-18(3)7-11-25)14-24-21(22-4)23-9-5-12-26-15-19-8-13-27-16-19/h17-20H,5-16H2,1-4H3,(H2,22,23,24). The van der Waals surface area contributed by atoms with Crippen molar-refractivity contribution >= 4 is 5.96 Å². The molecule has 27 heavy (non-hydrogen) atoms. The zero-order valence-corrected chi connectivity index (χ0v) is 18.0. The monoisotopic (exact) mass is 382 g/mol. The van der Waals surface area contributed by atoms with Crippen molar-refractivity contribution < 1.29 is 9.47 Å². The van der Waals surface area contributed by atoms with E-state index in [2.05, 4.69) is 41.3 Å². The third-order valence-corrected chi connectivity index (χ3v) is 5.89. The summed E-state index contributed by atoms with van der Waals surface area (Å²) in [6, 6.07) is 0.563. The molecule has 2 rings (SSSR count). The first-order valence-corrected chi connectivity index (χ1v) is 10.9. The molecular formula is C21H42N4O2. The van der Waals surface area contributed by atoms with Gasteiger partial charge >= 0.3 is 0 Å². The number of hydrogen-bond acceptors (Lipinski definition) is 4. The van der Waals surface area contributed by atoms with Gasteiger partial charge in [0.05, 0.1) is 13.2 Å². The van der Waals surface area contributed by atoms with Crippen LogP contribution in [0.2, 0.25) is 0 Å². The second kappa shape index (κ2) is 12.6. The summed E-state index contributed by atoms with van der Waals surface area (Å²) in [5.74, 6) is 3.00. The lowest BCUT2D eigenvalue weighted by Crippen LogP contribution is -2.51. The van der Waals surface area contributed by atoms with Crippen molar-refractivity contribution in [3.8, 4) is 0 Å². The molecule has 158 valence electrons. The summed E-state index contributed by atoms with van der Waals surface area (Å²) in [5, 5.41) is 6.95. The minimum atomic E-state index is 0.563. The van der Waals surface area contributed by atoms with E-state index in [0.29, 0.717) is 17.9 Å². The number of ether oxygens (including phenoxy) is 2. The van der Waals surface area contributed by atoms with E-state index in [4.69, 9.17) is 9.47 Å². The zero-order valence-electron chi connectivity index (χ0n) is 18.0. The van der Waals surface area contributed by atoms with Crippen LogP contribution in [0.25, 0.3) is 0 Å². The Morgan fingerprint density at radius 1 is 1.22 bits per heavy atom. The number of hydrogen-bond donors (Lipinski definition) is 2. The number of likely N-dealkylation sites (tertiary alicyclic amines) is 1. The second-order valence-electron chi connectivity index (χ2n) is 8.57. The molecule has 0 bridgehead atoms. The first kappa shape index (κ1) is 22.4. The average Bonchev–Trinajstić information content (AvgIpc) is 3.17. The van der Waals surface area contributed by atoms with Crippen LogP contribution in [0.5, 0.6) is 0 Å². The summed E-state index contributed by atoms with van der Waals surface area (Å²) < 4.78 is 11.1. The molecule has 0 aromatic carbocycles. The van der Waals surface area contributed by atoms with Crippen molar-refractivity contribution in [2.24, 2.45) is 22.7 Å². The van der Waals surface area contributed by atoms with Crippen LogP contribution in [0.3, 0.4) is 0 Å². The molecule has 2 heterocycles. The van der Waals surface area contributed by atoms with Gasteiger partial charge in [0.15, 0.2) is 5.96 Å². The Bertz CT molecular complexity index is 416. The summed E-state index contributed by atoms with van der Waals surface area (Å²) >= 11 is 0. The van der Waals surface area contributed by atoms with Gasteiger partial charge in [-0.2, -0.15) is 0 Å². The van der Waals surface area contributed by atoms with E-state index in [-0.39, 0.29) is 0 Å². The first-order valence-electron chi connectivity index (χ1n) is 10.9. The van der Waals surface area contributed by atoms with Crippen LogP contribution in [0, 0.1) is 17.8 Å². The maximum absolute atomic E-state index is 5.76. The predicted molar refractivity (Wildman–Crippen MR) is 112 cm³/mol. The van der Waals surface area contributed by atoms with Crippen LogP contribution in [0.4, 0.5) is 0 Å². The summed E-state index contributed by atoms with van der Waals surface area (Å²) in [4.78, 5) is 7.03. The van der Waals surface area contributed by atoms with Crippen molar-refractivity contribution in [2.45, 2.75) is 52.5 Å². The number of rotatable bonds is 10. The highest BCUT2D eigenvalue weighted by Crippen LogP contribution is 2.21. The number of aliphatic imine (C=N–C) groups is 1. The van der Waals surface area contributed by atoms with Gasteiger partial charge in [-0.3, -0.25) is 9.89 Å².